The average Bonchev–Trinajstić information content (AvgIpc) is 1.56. The van der Waals surface area contributed by atoms with Gasteiger partial charge in [-0.05, 0) is 0 Å². The zero-order valence-electron chi connectivity index (χ0n) is 55.3. The van der Waals surface area contributed by atoms with Crippen molar-refractivity contribution in [2.75, 3.05) is 0 Å². The molecule has 12 aromatic rings. The Hall–Kier alpha value is -6.46. The fourth-order valence-corrected chi connectivity index (χ4v) is 64.1. The molecule has 20 rings (SSSR count). The molecule has 10 aromatic carbocycles. The van der Waals surface area contributed by atoms with Crippen molar-refractivity contribution in [2.45, 2.75) is 92.1 Å². The summed E-state index contributed by atoms with van der Waals surface area (Å²) in [4.78, 5) is 0. The summed E-state index contributed by atoms with van der Waals surface area (Å²) >= 11 is -4.37. The molecule has 0 N–H and O–H groups in total. The van der Waals surface area contributed by atoms with Crippen LogP contribution in [0.15, 0.2) is 253 Å². The molecule has 472 valence electrons. The monoisotopic (exact) mass is 1470 g/mol. The maximum Gasteiger partial charge on any atom is -1.00 e. The molecule has 0 spiro atoms. The second-order valence-corrected chi connectivity index (χ2v) is 69.5. The summed E-state index contributed by atoms with van der Waals surface area (Å²) in [7, 11) is 0. The average molecular weight is 1480 g/mol. The van der Waals surface area contributed by atoms with Gasteiger partial charge in [-0.2, -0.15) is 0 Å². The van der Waals surface area contributed by atoms with E-state index < -0.39 is 53.7 Å². The van der Waals surface area contributed by atoms with Gasteiger partial charge in [0.2, 0.25) is 0 Å². The van der Waals surface area contributed by atoms with Crippen molar-refractivity contribution in [3.05, 3.63) is 297 Å². The van der Waals surface area contributed by atoms with Crippen LogP contribution in [0.4, 0.5) is 0 Å². The molecule has 0 aliphatic heterocycles. The number of fused-ring (bicyclic) bond motifs is 10. The summed E-state index contributed by atoms with van der Waals surface area (Å²) in [6.45, 7) is 10.9. The van der Waals surface area contributed by atoms with E-state index in [0.717, 1.165) is 23.7 Å². The molecular formula is C88H80Cl2N2Si2Zr2. The zero-order chi connectivity index (χ0) is 62.4. The summed E-state index contributed by atoms with van der Waals surface area (Å²) in [5.74, 6) is 1.27. The zero-order valence-corrected chi connectivity index (χ0v) is 64.1. The standard InChI is InChI=1S/2C24H18N.2C18H15.2C2H7Si.2ClH.2Zr/c2*1-3-9-22-19(7-1)20-8-2-4-10-23(20)25(22)24-11-5-6-17-14-18(15-21(17)24)16-12-13-16;2*1-2-5-14(6-3-1)17-8-4-7-15-11-16(12-18(15)17)13-9-10-13;2*1-3-2;;;;/h2*1-11,14-16H,12-13H2;2*1-8,11-13H,9-10H2;2*3H,1-2H3;2*1H;;/q;;;;;;;;2*+1/p-2. The summed E-state index contributed by atoms with van der Waals surface area (Å²) in [5.41, 5.74) is 33.8. The van der Waals surface area contributed by atoms with Crippen molar-refractivity contribution in [3.63, 3.8) is 0 Å². The molecule has 0 radical (unpaired) electrons. The molecule has 0 bridgehead atoms. The van der Waals surface area contributed by atoms with E-state index in [0.29, 0.717) is 14.5 Å². The van der Waals surface area contributed by atoms with Gasteiger partial charge in [-0.1, -0.05) is 0 Å². The van der Waals surface area contributed by atoms with Crippen molar-refractivity contribution in [1.29, 1.82) is 0 Å². The number of para-hydroxylation sites is 4. The normalized spacial score (nSPS) is 19.6. The molecule has 4 saturated carbocycles. The van der Waals surface area contributed by atoms with E-state index in [1.54, 1.807) is 33.4 Å². The third-order valence-electron chi connectivity index (χ3n) is 23.0. The molecule has 0 saturated heterocycles. The predicted molar refractivity (Wildman–Crippen MR) is 397 cm³/mol. The van der Waals surface area contributed by atoms with Crippen LogP contribution in [0.1, 0.15) is 110 Å². The number of hydrogen-bond donors (Lipinski definition) is 0. The number of halogens is 2. The van der Waals surface area contributed by atoms with Crippen LogP contribution in [0.2, 0.25) is 26.2 Å². The van der Waals surface area contributed by atoms with Crippen molar-refractivity contribution in [3.8, 4) is 33.6 Å². The molecule has 4 unspecified atom stereocenters. The van der Waals surface area contributed by atoms with Crippen LogP contribution in [0.5, 0.6) is 0 Å². The van der Waals surface area contributed by atoms with Gasteiger partial charge >= 0.3 is 577 Å². The summed E-state index contributed by atoms with van der Waals surface area (Å²) < 4.78 is 7.97. The minimum absolute atomic E-state index is 0. The topological polar surface area (TPSA) is 9.86 Å². The first kappa shape index (κ1) is 63.0. The van der Waals surface area contributed by atoms with Crippen LogP contribution in [0.3, 0.4) is 0 Å². The van der Waals surface area contributed by atoms with Crippen molar-refractivity contribution >= 4 is 79.8 Å². The van der Waals surface area contributed by atoms with Crippen LogP contribution in [0, 0.1) is 23.7 Å². The van der Waals surface area contributed by atoms with Gasteiger partial charge in [0, 0.05) is 0 Å². The largest absolute Gasteiger partial charge is 1.00 e. The van der Waals surface area contributed by atoms with Gasteiger partial charge in [-0.25, -0.2) is 0 Å². The maximum atomic E-state index is 2.73. The number of allylic oxidation sites excluding steroid dienone is 4. The third-order valence-corrected chi connectivity index (χ3v) is 66.1. The minimum Gasteiger partial charge on any atom is -1.00 e. The van der Waals surface area contributed by atoms with Gasteiger partial charge in [0.1, 0.15) is 0 Å². The van der Waals surface area contributed by atoms with Crippen LogP contribution in [-0.2, 0) is 41.8 Å². The van der Waals surface area contributed by atoms with Gasteiger partial charge < -0.3 is 24.8 Å². The molecule has 8 aliphatic carbocycles. The van der Waals surface area contributed by atoms with Gasteiger partial charge in [0.15, 0.2) is 0 Å². The number of hydrogen-bond acceptors (Lipinski definition) is 0. The Morgan fingerprint density at radius 2 is 0.542 bits per heavy atom. The second-order valence-electron chi connectivity index (χ2n) is 29.4. The third kappa shape index (κ3) is 10.5. The first-order valence-corrected chi connectivity index (χ1v) is 55.5. The van der Waals surface area contributed by atoms with E-state index in [9.17, 15) is 0 Å². The first-order chi connectivity index (χ1) is 46.3. The molecule has 4 fully saturated rings. The molecule has 0 amide bonds. The molecule has 96 heavy (non-hydrogen) atoms. The SMILES string of the molecule is C[SiH](C)[Zr+]([CH]1C(C2CC2)=Cc2c(-c3ccccc3)cccc21)[CH]1C(C2CC2)=Cc2c1cccc2-n1c2ccccc2c2ccccc21.C[SiH](C)[Zr+]([CH]1C(C2CC2)=Cc2c(-c3ccccc3)cccc21)[CH]1C(C2CC2)=Cc2c1cccc2-n1c2ccccc2c2ccccc21.[Cl-].[Cl-]. The quantitative estimate of drug-likeness (QED) is 0.0961. The Morgan fingerprint density at radius 1 is 0.281 bits per heavy atom. The second kappa shape index (κ2) is 25.4. The van der Waals surface area contributed by atoms with E-state index in [1.807, 2.05) is 22.3 Å². The Labute approximate surface area is 596 Å². The molecular weight excluding hydrogens is 1390 g/mol. The molecule has 2 heterocycles. The number of benzene rings is 10. The van der Waals surface area contributed by atoms with E-state index in [2.05, 4.69) is 290 Å². The fraction of sp³-hybridized carbons (Fsp3) is 0.227. The Bertz CT molecular complexity index is 4760. The molecule has 2 aromatic heterocycles. The van der Waals surface area contributed by atoms with Crippen molar-refractivity contribution in [1.82, 2.24) is 9.13 Å². The Balaban J connectivity index is 0.000000142. The van der Waals surface area contributed by atoms with E-state index in [-0.39, 0.29) is 24.8 Å². The fourth-order valence-electron chi connectivity index (χ4n) is 18.4. The molecule has 4 atom stereocenters. The van der Waals surface area contributed by atoms with Crippen LogP contribution in [-0.4, -0.2) is 21.0 Å². The summed E-state index contributed by atoms with van der Waals surface area (Å²) in [6, 6.07) is 87.7. The summed E-state index contributed by atoms with van der Waals surface area (Å²) in [6.07, 6.45) is 21.9. The minimum atomic E-state index is -2.19. The van der Waals surface area contributed by atoms with Crippen molar-refractivity contribution < 1.29 is 66.6 Å². The first-order valence-electron chi connectivity index (χ1n) is 35.5. The van der Waals surface area contributed by atoms with E-state index in [4.69, 9.17) is 0 Å². The van der Waals surface area contributed by atoms with Crippen LogP contribution in [0.25, 0.3) is 102 Å². The van der Waals surface area contributed by atoms with Crippen molar-refractivity contribution in [2.24, 2.45) is 23.7 Å². The van der Waals surface area contributed by atoms with Gasteiger partial charge in [0.05, 0.1) is 0 Å². The number of aromatic nitrogens is 2. The van der Waals surface area contributed by atoms with Gasteiger partial charge in [0.25, 0.3) is 0 Å². The Morgan fingerprint density at radius 3 is 0.833 bits per heavy atom. The van der Waals surface area contributed by atoms with Crippen LogP contribution < -0.4 is 24.8 Å². The maximum absolute atomic E-state index is 2.73. The van der Waals surface area contributed by atoms with E-state index >= 15 is 0 Å². The Kier molecular flexibility index (Phi) is 16.7. The summed E-state index contributed by atoms with van der Waals surface area (Å²) in [5, 5.41) is 5.40. The molecule has 8 aliphatic rings. The number of rotatable bonds is 14. The predicted octanol–water partition coefficient (Wildman–Crippen LogP) is 16.9. The smallest absolute Gasteiger partial charge is 1.00 e. The van der Waals surface area contributed by atoms with Gasteiger partial charge in [-0.15, -0.1) is 0 Å². The van der Waals surface area contributed by atoms with E-state index in [1.165, 1.54) is 140 Å². The van der Waals surface area contributed by atoms with Crippen LogP contribution >= 0.6 is 0 Å². The van der Waals surface area contributed by atoms with Gasteiger partial charge in [-0.3, -0.25) is 0 Å². The molecule has 8 heteroatoms. The number of nitrogens with zero attached hydrogens (tertiary/aromatic N) is 2. The molecule has 2 nitrogen and oxygen atoms in total.